The molecule has 0 spiro atoms. The van der Waals surface area contributed by atoms with E-state index >= 15 is 0 Å². The van der Waals surface area contributed by atoms with Crippen LogP contribution in [0.15, 0.2) is 68.7 Å². The number of carbonyl (C=O) groups is 1. The molecule has 0 saturated heterocycles. The van der Waals surface area contributed by atoms with Gasteiger partial charge in [-0.3, -0.25) is 9.59 Å². The minimum Gasteiger partial charge on any atom is -0.508 e. The third-order valence-corrected chi connectivity index (χ3v) is 5.49. The first kappa shape index (κ1) is 21.4. The predicted molar refractivity (Wildman–Crippen MR) is 109 cm³/mol. The van der Waals surface area contributed by atoms with Gasteiger partial charge in [0.05, 0.1) is 25.2 Å². The molecule has 0 fully saturated rings. The molecule has 3 rings (SSSR count). The summed E-state index contributed by atoms with van der Waals surface area (Å²) in [7, 11) is 1.23. The molecule has 3 aromatic rings. The number of halogens is 1. The fourth-order valence-electron chi connectivity index (χ4n) is 2.89. The Labute approximate surface area is 175 Å². The topological polar surface area (TPSA) is 97.0 Å². The number of aromatic hydroxyl groups is 2. The predicted octanol–water partition coefficient (Wildman–Crippen LogP) is 4.18. The highest BCUT2D eigenvalue weighted by Gasteiger charge is 2.26. The van der Waals surface area contributed by atoms with E-state index in [0.717, 1.165) is 17.8 Å². The summed E-state index contributed by atoms with van der Waals surface area (Å²) in [5, 5.41) is 19.9. The van der Waals surface area contributed by atoms with Gasteiger partial charge < -0.3 is 19.4 Å². The summed E-state index contributed by atoms with van der Waals surface area (Å²) in [6.45, 7) is 0. The lowest BCUT2D eigenvalue weighted by Crippen LogP contribution is -2.14. The zero-order valence-electron chi connectivity index (χ0n) is 16.0. The number of ether oxygens (including phenoxy) is 1. The van der Waals surface area contributed by atoms with Gasteiger partial charge in [0.2, 0.25) is 11.2 Å². The highest BCUT2D eigenvalue weighted by Crippen LogP contribution is 2.35. The number of hydrogen-bond donors (Lipinski definition) is 2. The highest BCUT2D eigenvalue weighted by atomic mass is 32.2. The summed E-state index contributed by atoms with van der Waals surface area (Å²) >= 11 is 1.14. The summed E-state index contributed by atoms with van der Waals surface area (Å²) in [5.74, 6) is -2.10. The normalized spacial score (nSPS) is 11.8. The van der Waals surface area contributed by atoms with E-state index in [1.165, 1.54) is 25.3 Å². The molecule has 0 bridgehead atoms. The summed E-state index contributed by atoms with van der Waals surface area (Å²) in [4.78, 5) is 24.7. The molecule has 0 saturated carbocycles. The maximum absolute atomic E-state index is 13.9. The molecule has 0 radical (unpaired) electrons. The molecule has 2 N–H and O–H groups in total. The van der Waals surface area contributed by atoms with Crippen molar-refractivity contribution < 1.29 is 28.6 Å². The maximum Gasteiger partial charge on any atom is 0.306 e. The Morgan fingerprint density at radius 1 is 1.17 bits per heavy atom. The molecule has 0 aliphatic carbocycles. The summed E-state index contributed by atoms with van der Waals surface area (Å²) in [6, 6.07) is 13.3. The number of thioether (sulfide) groups is 1. The minimum absolute atomic E-state index is 0.0243. The number of hydrogen-bond acceptors (Lipinski definition) is 7. The van der Waals surface area contributed by atoms with Gasteiger partial charge in [-0.05, 0) is 29.8 Å². The van der Waals surface area contributed by atoms with E-state index in [-0.39, 0.29) is 29.4 Å². The Bertz CT molecular complexity index is 1090. The molecule has 6 nitrogen and oxygen atoms in total. The van der Waals surface area contributed by atoms with Gasteiger partial charge in [-0.1, -0.05) is 24.3 Å². The molecule has 156 valence electrons. The largest absolute Gasteiger partial charge is 0.508 e. The lowest BCUT2D eigenvalue weighted by atomic mass is 9.92. The van der Waals surface area contributed by atoms with Crippen LogP contribution in [0, 0.1) is 5.82 Å². The average Bonchev–Trinajstić information content (AvgIpc) is 2.74. The van der Waals surface area contributed by atoms with Crippen LogP contribution in [0.4, 0.5) is 4.39 Å². The van der Waals surface area contributed by atoms with Crippen molar-refractivity contribution >= 4 is 17.7 Å². The van der Waals surface area contributed by atoms with Gasteiger partial charge in [-0.25, -0.2) is 4.39 Å². The molecule has 8 heteroatoms. The number of benzene rings is 2. The Kier molecular flexibility index (Phi) is 6.79. The summed E-state index contributed by atoms with van der Waals surface area (Å²) in [5.41, 5.74) is -0.135. The number of esters is 1. The van der Waals surface area contributed by atoms with Crippen LogP contribution in [0.1, 0.15) is 29.4 Å². The van der Waals surface area contributed by atoms with Crippen LogP contribution in [0.5, 0.6) is 11.5 Å². The van der Waals surface area contributed by atoms with E-state index < -0.39 is 28.9 Å². The standard InChI is InChI=1S/C22H19FO6S/c1-28-20(26)11-16(13-6-8-14(24)9-7-13)22-21(27)18(25)10-15(29-22)12-30-19-5-3-2-4-17(19)23/h2-10,16,24,27H,11-12H2,1H3. The van der Waals surface area contributed by atoms with Crippen molar-refractivity contribution in [2.24, 2.45) is 0 Å². The summed E-state index contributed by atoms with van der Waals surface area (Å²) in [6.07, 6.45) is -0.193. The van der Waals surface area contributed by atoms with E-state index in [0.29, 0.717) is 10.5 Å². The van der Waals surface area contributed by atoms with Crippen LogP contribution >= 0.6 is 11.8 Å². The van der Waals surface area contributed by atoms with Crippen molar-refractivity contribution in [1.29, 1.82) is 0 Å². The number of phenolic OH excluding ortho intramolecular Hbond substituents is 1. The molecule has 1 aromatic heterocycles. The second-order valence-electron chi connectivity index (χ2n) is 6.43. The van der Waals surface area contributed by atoms with Crippen LogP contribution in [0.2, 0.25) is 0 Å². The van der Waals surface area contributed by atoms with Crippen LogP contribution in [0.25, 0.3) is 0 Å². The van der Waals surface area contributed by atoms with Crippen LogP contribution in [-0.2, 0) is 15.3 Å². The van der Waals surface area contributed by atoms with E-state index in [4.69, 9.17) is 9.15 Å². The lowest BCUT2D eigenvalue weighted by molar-refractivity contribution is -0.140. The summed E-state index contributed by atoms with van der Waals surface area (Å²) < 4.78 is 24.4. The van der Waals surface area contributed by atoms with Crippen molar-refractivity contribution in [1.82, 2.24) is 0 Å². The molecule has 0 aliphatic heterocycles. The van der Waals surface area contributed by atoms with Crippen LogP contribution < -0.4 is 5.43 Å². The fourth-order valence-corrected chi connectivity index (χ4v) is 3.71. The van der Waals surface area contributed by atoms with Gasteiger partial charge in [0.15, 0.2) is 5.76 Å². The molecular weight excluding hydrogens is 411 g/mol. The van der Waals surface area contributed by atoms with Gasteiger partial charge in [0, 0.05) is 11.0 Å². The molecule has 1 unspecified atom stereocenters. The molecule has 30 heavy (non-hydrogen) atoms. The van der Waals surface area contributed by atoms with Gasteiger partial charge >= 0.3 is 5.97 Å². The first-order valence-electron chi connectivity index (χ1n) is 8.98. The maximum atomic E-state index is 13.9. The van der Waals surface area contributed by atoms with Crippen molar-refractivity contribution in [2.45, 2.75) is 23.0 Å². The van der Waals surface area contributed by atoms with Gasteiger partial charge in [-0.15, -0.1) is 11.8 Å². The zero-order chi connectivity index (χ0) is 21.7. The molecular formula is C22H19FO6S. The Morgan fingerprint density at radius 3 is 2.53 bits per heavy atom. The van der Waals surface area contributed by atoms with E-state index in [2.05, 4.69) is 0 Å². The number of rotatable bonds is 7. The third kappa shape index (κ3) is 5.01. The van der Waals surface area contributed by atoms with E-state index in [9.17, 15) is 24.2 Å². The zero-order valence-corrected chi connectivity index (χ0v) is 16.8. The molecule has 0 amide bonds. The molecule has 0 aliphatic rings. The molecule has 1 heterocycles. The third-order valence-electron chi connectivity index (χ3n) is 4.42. The fraction of sp³-hybridized carbons (Fsp3) is 0.182. The van der Waals surface area contributed by atoms with E-state index in [1.54, 1.807) is 30.3 Å². The number of carbonyl (C=O) groups excluding carboxylic acids is 1. The first-order chi connectivity index (χ1) is 14.4. The van der Waals surface area contributed by atoms with Crippen molar-refractivity contribution in [2.75, 3.05) is 7.11 Å². The smallest absolute Gasteiger partial charge is 0.306 e. The van der Waals surface area contributed by atoms with Gasteiger partial charge in [-0.2, -0.15) is 0 Å². The Balaban J connectivity index is 1.98. The monoisotopic (exact) mass is 430 g/mol. The van der Waals surface area contributed by atoms with Crippen LogP contribution in [0.3, 0.4) is 0 Å². The highest BCUT2D eigenvalue weighted by molar-refractivity contribution is 7.98. The second-order valence-corrected chi connectivity index (χ2v) is 7.45. The quantitative estimate of drug-likeness (QED) is 0.429. The van der Waals surface area contributed by atoms with Crippen molar-refractivity contribution in [3.63, 3.8) is 0 Å². The Hall–Kier alpha value is -3.26. The molecule has 2 aromatic carbocycles. The van der Waals surface area contributed by atoms with Crippen molar-refractivity contribution in [3.8, 4) is 11.5 Å². The number of methoxy groups -OCH3 is 1. The van der Waals surface area contributed by atoms with Gasteiger partial charge in [0.1, 0.15) is 17.3 Å². The SMILES string of the molecule is COC(=O)CC(c1ccc(O)cc1)c1oc(CSc2ccccc2F)cc(=O)c1O. The first-order valence-corrected chi connectivity index (χ1v) is 9.96. The van der Waals surface area contributed by atoms with Crippen LogP contribution in [-0.4, -0.2) is 23.3 Å². The lowest BCUT2D eigenvalue weighted by Gasteiger charge is -2.17. The van der Waals surface area contributed by atoms with Gasteiger partial charge in [0.25, 0.3) is 0 Å². The van der Waals surface area contributed by atoms with Crippen molar-refractivity contribution in [3.05, 3.63) is 87.7 Å². The minimum atomic E-state index is -0.816. The van der Waals surface area contributed by atoms with E-state index in [1.807, 2.05) is 0 Å². The average molecular weight is 430 g/mol. The molecule has 1 atom stereocenters. The Morgan fingerprint density at radius 2 is 1.87 bits per heavy atom. The number of phenols is 1. The second kappa shape index (κ2) is 9.49.